The smallest absolute Gasteiger partial charge is 0.260 e. The SMILES string of the molecule is CCOc1ccc(OCC(=O)N2CCC(C)(CN)C2)cc1. The van der Waals surface area contributed by atoms with Gasteiger partial charge in [-0.1, -0.05) is 6.92 Å². The number of carbonyl (C=O) groups is 1. The van der Waals surface area contributed by atoms with Crippen LogP contribution in [0.15, 0.2) is 24.3 Å². The van der Waals surface area contributed by atoms with Gasteiger partial charge in [-0.2, -0.15) is 0 Å². The third-order valence-electron chi connectivity index (χ3n) is 3.90. The van der Waals surface area contributed by atoms with Gasteiger partial charge in [0.05, 0.1) is 6.61 Å². The molecule has 116 valence electrons. The van der Waals surface area contributed by atoms with Gasteiger partial charge in [-0.05, 0) is 49.6 Å². The van der Waals surface area contributed by atoms with Gasteiger partial charge >= 0.3 is 0 Å². The first-order valence-corrected chi connectivity index (χ1v) is 7.40. The first-order chi connectivity index (χ1) is 10.1. The largest absolute Gasteiger partial charge is 0.494 e. The zero-order valence-corrected chi connectivity index (χ0v) is 12.8. The molecule has 0 radical (unpaired) electrons. The Balaban J connectivity index is 1.81. The molecule has 1 atom stereocenters. The fourth-order valence-corrected chi connectivity index (χ4v) is 2.44. The van der Waals surface area contributed by atoms with Gasteiger partial charge in [-0.15, -0.1) is 0 Å². The highest BCUT2D eigenvalue weighted by molar-refractivity contribution is 5.78. The molecule has 5 heteroatoms. The van der Waals surface area contributed by atoms with Gasteiger partial charge in [0.25, 0.3) is 5.91 Å². The van der Waals surface area contributed by atoms with E-state index >= 15 is 0 Å². The van der Waals surface area contributed by atoms with Gasteiger partial charge in [-0.25, -0.2) is 0 Å². The van der Waals surface area contributed by atoms with E-state index in [0.29, 0.717) is 18.9 Å². The molecule has 1 fully saturated rings. The summed E-state index contributed by atoms with van der Waals surface area (Å²) in [6.07, 6.45) is 0.957. The van der Waals surface area contributed by atoms with Crippen LogP contribution in [0.3, 0.4) is 0 Å². The van der Waals surface area contributed by atoms with E-state index in [1.165, 1.54) is 0 Å². The van der Waals surface area contributed by atoms with Crippen LogP contribution in [-0.2, 0) is 4.79 Å². The molecule has 0 bridgehead atoms. The van der Waals surface area contributed by atoms with E-state index in [-0.39, 0.29) is 17.9 Å². The summed E-state index contributed by atoms with van der Waals surface area (Å²) in [4.78, 5) is 14.0. The molecule has 1 aliphatic heterocycles. The van der Waals surface area contributed by atoms with Crippen LogP contribution in [0.4, 0.5) is 0 Å². The summed E-state index contributed by atoms with van der Waals surface area (Å²) in [6, 6.07) is 7.30. The van der Waals surface area contributed by atoms with E-state index in [1.807, 2.05) is 36.1 Å². The van der Waals surface area contributed by atoms with E-state index in [9.17, 15) is 4.79 Å². The van der Waals surface area contributed by atoms with Crippen molar-refractivity contribution in [3.05, 3.63) is 24.3 Å². The summed E-state index contributed by atoms with van der Waals surface area (Å²) in [5.74, 6) is 1.49. The predicted octanol–water partition coefficient (Wildman–Crippen LogP) is 1.66. The monoisotopic (exact) mass is 292 g/mol. The van der Waals surface area contributed by atoms with Crippen molar-refractivity contribution < 1.29 is 14.3 Å². The van der Waals surface area contributed by atoms with E-state index in [2.05, 4.69) is 6.92 Å². The van der Waals surface area contributed by atoms with Crippen molar-refractivity contribution in [2.75, 3.05) is 32.8 Å². The Kier molecular flexibility index (Phi) is 5.07. The normalized spacial score (nSPS) is 21.4. The minimum Gasteiger partial charge on any atom is -0.494 e. The number of likely N-dealkylation sites (tertiary alicyclic amines) is 1. The molecule has 5 nitrogen and oxygen atoms in total. The molecule has 1 amide bonds. The fourth-order valence-electron chi connectivity index (χ4n) is 2.44. The number of benzene rings is 1. The second-order valence-corrected chi connectivity index (χ2v) is 5.77. The molecule has 21 heavy (non-hydrogen) atoms. The predicted molar refractivity (Wildman–Crippen MR) is 81.5 cm³/mol. The second-order valence-electron chi connectivity index (χ2n) is 5.77. The lowest BCUT2D eigenvalue weighted by atomic mass is 9.90. The zero-order chi connectivity index (χ0) is 15.3. The molecule has 0 spiro atoms. The topological polar surface area (TPSA) is 64.8 Å². The Bertz CT molecular complexity index is 475. The van der Waals surface area contributed by atoms with E-state index < -0.39 is 0 Å². The van der Waals surface area contributed by atoms with Crippen molar-refractivity contribution >= 4 is 5.91 Å². The third-order valence-corrected chi connectivity index (χ3v) is 3.90. The number of rotatable bonds is 6. The molecule has 1 aliphatic rings. The first-order valence-electron chi connectivity index (χ1n) is 7.40. The van der Waals surface area contributed by atoms with Crippen LogP contribution in [-0.4, -0.2) is 43.7 Å². The van der Waals surface area contributed by atoms with Gasteiger partial charge in [0.2, 0.25) is 0 Å². The van der Waals surface area contributed by atoms with E-state index in [0.717, 1.165) is 25.3 Å². The molecule has 0 aromatic heterocycles. The van der Waals surface area contributed by atoms with Crippen LogP contribution in [0.5, 0.6) is 11.5 Å². The fraction of sp³-hybridized carbons (Fsp3) is 0.562. The summed E-state index contributed by atoms with van der Waals surface area (Å²) < 4.78 is 10.9. The molecule has 1 unspecified atom stereocenters. The van der Waals surface area contributed by atoms with Crippen molar-refractivity contribution in [3.8, 4) is 11.5 Å². The minimum absolute atomic E-state index is 0.0149. The van der Waals surface area contributed by atoms with E-state index in [1.54, 1.807) is 0 Å². The van der Waals surface area contributed by atoms with Gasteiger partial charge in [0.15, 0.2) is 6.61 Å². The molecule has 0 aliphatic carbocycles. The third kappa shape index (κ3) is 4.11. The highest BCUT2D eigenvalue weighted by Gasteiger charge is 2.34. The summed E-state index contributed by atoms with van der Waals surface area (Å²) in [5, 5.41) is 0. The Morgan fingerprint density at radius 1 is 1.29 bits per heavy atom. The van der Waals surface area contributed by atoms with Gasteiger partial charge in [0, 0.05) is 13.1 Å². The zero-order valence-electron chi connectivity index (χ0n) is 12.8. The Labute approximate surface area is 126 Å². The van der Waals surface area contributed by atoms with Crippen molar-refractivity contribution in [3.63, 3.8) is 0 Å². The van der Waals surface area contributed by atoms with Gasteiger partial charge in [-0.3, -0.25) is 4.79 Å². The number of nitrogens with two attached hydrogens (primary N) is 1. The average Bonchev–Trinajstić information content (AvgIpc) is 2.90. The molecular formula is C16H24N2O3. The van der Waals surface area contributed by atoms with Gasteiger partial charge < -0.3 is 20.1 Å². The molecule has 1 aromatic carbocycles. The highest BCUT2D eigenvalue weighted by Crippen LogP contribution is 2.28. The maximum Gasteiger partial charge on any atom is 0.260 e. The lowest BCUT2D eigenvalue weighted by Crippen LogP contribution is -2.36. The van der Waals surface area contributed by atoms with Gasteiger partial charge in [0.1, 0.15) is 11.5 Å². The van der Waals surface area contributed by atoms with Crippen molar-refractivity contribution in [1.29, 1.82) is 0 Å². The average molecular weight is 292 g/mol. The quantitative estimate of drug-likeness (QED) is 0.866. The summed E-state index contributed by atoms with van der Waals surface area (Å²) >= 11 is 0. The number of ether oxygens (including phenoxy) is 2. The van der Waals surface area contributed by atoms with Crippen LogP contribution >= 0.6 is 0 Å². The van der Waals surface area contributed by atoms with Crippen LogP contribution in [0.1, 0.15) is 20.3 Å². The summed E-state index contributed by atoms with van der Waals surface area (Å²) in [5.41, 5.74) is 5.80. The minimum atomic E-state index is 0.0149. The van der Waals surface area contributed by atoms with Crippen LogP contribution in [0.25, 0.3) is 0 Å². The highest BCUT2D eigenvalue weighted by atomic mass is 16.5. The van der Waals surface area contributed by atoms with Crippen molar-refractivity contribution in [2.45, 2.75) is 20.3 Å². The molecule has 0 saturated carbocycles. The number of amides is 1. The number of hydrogen-bond donors (Lipinski definition) is 1. The second kappa shape index (κ2) is 6.80. The van der Waals surface area contributed by atoms with Crippen LogP contribution in [0.2, 0.25) is 0 Å². The molecule has 1 aromatic rings. The lowest BCUT2D eigenvalue weighted by molar-refractivity contribution is -0.132. The maximum absolute atomic E-state index is 12.1. The van der Waals surface area contributed by atoms with Crippen LogP contribution < -0.4 is 15.2 Å². The molecule has 2 N–H and O–H groups in total. The molecule has 2 rings (SSSR count). The lowest BCUT2D eigenvalue weighted by Gasteiger charge is -2.22. The standard InChI is InChI=1S/C16H24N2O3/c1-3-20-13-4-6-14(7-5-13)21-10-15(19)18-9-8-16(2,11-17)12-18/h4-7H,3,8-12,17H2,1-2H3. The maximum atomic E-state index is 12.1. The van der Waals surface area contributed by atoms with E-state index in [4.69, 9.17) is 15.2 Å². The first kappa shape index (κ1) is 15.6. The number of nitrogens with zero attached hydrogens (tertiary/aromatic N) is 1. The van der Waals surface area contributed by atoms with Crippen LogP contribution in [0, 0.1) is 5.41 Å². The molecular weight excluding hydrogens is 268 g/mol. The molecule has 1 saturated heterocycles. The Hall–Kier alpha value is -1.75. The summed E-state index contributed by atoms with van der Waals surface area (Å²) in [7, 11) is 0. The van der Waals surface area contributed by atoms with Crippen molar-refractivity contribution in [2.24, 2.45) is 11.1 Å². The summed E-state index contributed by atoms with van der Waals surface area (Å²) in [6.45, 7) is 6.84. The Morgan fingerprint density at radius 2 is 1.90 bits per heavy atom. The number of carbonyl (C=O) groups excluding carboxylic acids is 1. The number of hydrogen-bond acceptors (Lipinski definition) is 4. The van der Waals surface area contributed by atoms with Crippen molar-refractivity contribution in [1.82, 2.24) is 4.90 Å². The Morgan fingerprint density at radius 3 is 2.43 bits per heavy atom. The molecule has 1 heterocycles.